The van der Waals surface area contributed by atoms with Crippen molar-refractivity contribution in [3.05, 3.63) is 47.9 Å². The molecule has 5 rings (SSSR count). The van der Waals surface area contributed by atoms with E-state index in [1.54, 1.807) is 6.20 Å². The molecule has 3 fully saturated rings. The maximum atomic E-state index is 13.2. The molecule has 4 heterocycles. The molecule has 3 aliphatic heterocycles. The summed E-state index contributed by atoms with van der Waals surface area (Å²) in [6.45, 7) is 5.93. The van der Waals surface area contributed by atoms with Gasteiger partial charge in [-0.15, -0.1) is 24.8 Å². The summed E-state index contributed by atoms with van der Waals surface area (Å²) in [6, 6.07) is 11.0. The molecule has 6 nitrogen and oxygen atoms in total. The van der Waals surface area contributed by atoms with Gasteiger partial charge in [0.05, 0.1) is 11.3 Å². The van der Waals surface area contributed by atoms with Gasteiger partial charge in [0.15, 0.2) is 0 Å². The Bertz CT molecular complexity index is 913. The molecule has 0 aliphatic carbocycles. The van der Waals surface area contributed by atoms with E-state index in [0.717, 1.165) is 24.6 Å². The highest BCUT2D eigenvalue weighted by molar-refractivity contribution is 5.99. The van der Waals surface area contributed by atoms with Crippen LogP contribution in [0.25, 0.3) is 11.3 Å². The minimum Gasteiger partial charge on any atom is -0.350 e. The van der Waals surface area contributed by atoms with Crippen LogP contribution in [0.3, 0.4) is 0 Å². The fourth-order valence-electron chi connectivity index (χ4n) is 5.79. The van der Waals surface area contributed by atoms with Gasteiger partial charge in [0.1, 0.15) is 5.82 Å². The minimum absolute atomic E-state index is 0. The molecule has 1 amide bonds. The molecular weight excluding hydrogens is 445 g/mol. The number of nitrogens with zero attached hydrogens (tertiary/aromatic N) is 3. The van der Waals surface area contributed by atoms with Crippen LogP contribution in [0.4, 0.5) is 0 Å². The smallest absolute Gasteiger partial charge is 0.255 e. The van der Waals surface area contributed by atoms with Crippen molar-refractivity contribution in [1.82, 2.24) is 25.5 Å². The SMILES string of the molecule is Cc1ncc(C(=O)NC[C@H]2[C@@H]3CNC[C@@H](C3)[C@@H]3CCCCN32)c(-c2ccccc2)n1.Cl.Cl. The maximum Gasteiger partial charge on any atom is 0.255 e. The first-order valence-electron chi connectivity index (χ1n) is 11.3. The zero-order chi connectivity index (χ0) is 20.5. The Balaban J connectivity index is 0.00000144. The Morgan fingerprint density at radius 3 is 2.75 bits per heavy atom. The van der Waals surface area contributed by atoms with Crippen molar-refractivity contribution in [2.75, 3.05) is 26.2 Å². The van der Waals surface area contributed by atoms with Gasteiger partial charge in [0.2, 0.25) is 0 Å². The first-order chi connectivity index (χ1) is 14.7. The summed E-state index contributed by atoms with van der Waals surface area (Å²) in [5.74, 6) is 1.98. The number of carbonyl (C=O) groups excluding carboxylic acids is 1. The number of hydrogen-bond donors (Lipinski definition) is 2. The Morgan fingerprint density at radius 2 is 1.94 bits per heavy atom. The topological polar surface area (TPSA) is 70.2 Å². The van der Waals surface area contributed by atoms with Crippen LogP contribution in [0, 0.1) is 18.8 Å². The summed E-state index contributed by atoms with van der Waals surface area (Å²) in [4.78, 5) is 24.8. The molecule has 2 aromatic rings. The number of piperidine rings is 3. The zero-order valence-electron chi connectivity index (χ0n) is 18.5. The van der Waals surface area contributed by atoms with E-state index in [1.807, 2.05) is 37.3 Å². The number of aromatic nitrogens is 2. The first-order valence-corrected chi connectivity index (χ1v) is 11.3. The molecule has 0 radical (unpaired) electrons. The minimum atomic E-state index is -0.0756. The molecule has 0 spiro atoms. The van der Waals surface area contributed by atoms with E-state index in [9.17, 15) is 4.79 Å². The Hall–Kier alpha value is -1.73. The van der Waals surface area contributed by atoms with Gasteiger partial charge in [-0.05, 0) is 57.7 Å². The highest BCUT2D eigenvalue weighted by atomic mass is 35.5. The summed E-state index contributed by atoms with van der Waals surface area (Å²) in [5, 5.41) is 6.89. The molecule has 0 saturated carbocycles. The van der Waals surface area contributed by atoms with Gasteiger partial charge in [-0.25, -0.2) is 9.97 Å². The summed E-state index contributed by atoms with van der Waals surface area (Å²) in [7, 11) is 0. The lowest BCUT2D eigenvalue weighted by molar-refractivity contribution is -0.0371. The largest absolute Gasteiger partial charge is 0.350 e. The van der Waals surface area contributed by atoms with Gasteiger partial charge < -0.3 is 10.6 Å². The number of carbonyl (C=O) groups is 1. The maximum absolute atomic E-state index is 13.2. The van der Waals surface area contributed by atoms with Crippen LogP contribution >= 0.6 is 24.8 Å². The Kier molecular flexibility index (Phi) is 8.50. The van der Waals surface area contributed by atoms with Gasteiger partial charge in [-0.1, -0.05) is 36.8 Å². The average molecular weight is 478 g/mol. The van der Waals surface area contributed by atoms with E-state index < -0.39 is 0 Å². The van der Waals surface area contributed by atoms with Crippen molar-refractivity contribution in [3.8, 4) is 11.3 Å². The third kappa shape index (κ3) is 4.93. The van der Waals surface area contributed by atoms with E-state index >= 15 is 0 Å². The van der Waals surface area contributed by atoms with Crippen LogP contribution in [0.2, 0.25) is 0 Å². The number of nitrogens with one attached hydrogen (secondary N) is 2. The molecule has 0 unspecified atom stereocenters. The molecular formula is C24H33Cl2N5O. The van der Waals surface area contributed by atoms with Crippen molar-refractivity contribution < 1.29 is 4.79 Å². The Labute approximate surface area is 202 Å². The Morgan fingerprint density at radius 1 is 1.16 bits per heavy atom. The summed E-state index contributed by atoms with van der Waals surface area (Å²) < 4.78 is 0. The van der Waals surface area contributed by atoms with Crippen LogP contribution in [0.5, 0.6) is 0 Å². The zero-order valence-corrected chi connectivity index (χ0v) is 20.1. The van der Waals surface area contributed by atoms with Crippen LogP contribution in [0.15, 0.2) is 36.5 Å². The van der Waals surface area contributed by atoms with Gasteiger partial charge in [-0.2, -0.15) is 0 Å². The second-order valence-electron chi connectivity index (χ2n) is 9.04. The second-order valence-corrected chi connectivity index (χ2v) is 9.04. The lowest BCUT2D eigenvalue weighted by Crippen LogP contribution is -2.65. The highest BCUT2D eigenvalue weighted by Gasteiger charge is 2.45. The van der Waals surface area contributed by atoms with E-state index in [2.05, 4.69) is 25.5 Å². The van der Waals surface area contributed by atoms with Crippen LogP contribution in [-0.4, -0.2) is 59.0 Å². The van der Waals surface area contributed by atoms with Gasteiger partial charge in [0, 0.05) is 30.4 Å². The van der Waals surface area contributed by atoms with Crippen molar-refractivity contribution >= 4 is 30.7 Å². The first kappa shape index (κ1) is 24.9. The molecule has 1 aromatic heterocycles. The van der Waals surface area contributed by atoms with E-state index in [-0.39, 0.29) is 30.7 Å². The monoisotopic (exact) mass is 477 g/mol. The van der Waals surface area contributed by atoms with Crippen LogP contribution < -0.4 is 10.6 Å². The van der Waals surface area contributed by atoms with Gasteiger partial charge >= 0.3 is 0 Å². The normalized spacial score (nSPS) is 26.8. The second kappa shape index (κ2) is 10.9. The molecule has 3 saturated heterocycles. The number of aryl methyl sites for hydroxylation is 1. The molecule has 1 aromatic carbocycles. The third-order valence-electron chi connectivity index (χ3n) is 7.20. The summed E-state index contributed by atoms with van der Waals surface area (Å²) in [6.07, 6.45) is 6.87. The average Bonchev–Trinajstić information content (AvgIpc) is 2.79. The molecule has 8 heteroatoms. The number of halogens is 2. The molecule has 32 heavy (non-hydrogen) atoms. The van der Waals surface area contributed by atoms with Crippen LogP contribution in [-0.2, 0) is 0 Å². The predicted molar refractivity (Wildman–Crippen MR) is 132 cm³/mol. The van der Waals surface area contributed by atoms with Crippen LogP contribution in [0.1, 0.15) is 41.9 Å². The number of hydrogen-bond acceptors (Lipinski definition) is 5. The summed E-state index contributed by atoms with van der Waals surface area (Å²) in [5.41, 5.74) is 2.21. The number of benzene rings is 1. The predicted octanol–water partition coefficient (Wildman–Crippen LogP) is 3.49. The van der Waals surface area contributed by atoms with Gasteiger partial charge in [-0.3, -0.25) is 9.69 Å². The third-order valence-corrected chi connectivity index (χ3v) is 7.20. The van der Waals surface area contributed by atoms with Crippen molar-refractivity contribution in [2.24, 2.45) is 11.8 Å². The number of amides is 1. The van der Waals surface area contributed by atoms with Gasteiger partial charge in [0.25, 0.3) is 5.91 Å². The van der Waals surface area contributed by atoms with Crippen molar-refractivity contribution in [3.63, 3.8) is 0 Å². The number of fused-ring (bicyclic) bond motifs is 4. The van der Waals surface area contributed by atoms with E-state index in [0.29, 0.717) is 41.6 Å². The van der Waals surface area contributed by atoms with E-state index in [1.165, 1.54) is 32.2 Å². The standard InChI is InChI=1S/C24H31N5O.2ClH/c1-16-26-14-20(23(28-16)17-7-3-2-4-8-17)24(30)27-15-22-19-11-18(12-25-13-19)21-9-5-6-10-29(21)22;;/h2-4,7-8,14,18-19,21-22,25H,5-6,9-13,15H2,1H3,(H,27,30);2*1H/t18-,19+,21+,22+;;/m1../s1. The molecule has 3 aliphatic rings. The quantitative estimate of drug-likeness (QED) is 0.704. The van der Waals surface area contributed by atoms with E-state index in [4.69, 9.17) is 0 Å². The fourth-order valence-corrected chi connectivity index (χ4v) is 5.79. The lowest BCUT2D eigenvalue weighted by Gasteiger charge is -2.55. The van der Waals surface area contributed by atoms with Crippen molar-refractivity contribution in [2.45, 2.75) is 44.7 Å². The summed E-state index contributed by atoms with van der Waals surface area (Å²) >= 11 is 0. The molecule has 2 N–H and O–H groups in total. The molecule has 174 valence electrons. The van der Waals surface area contributed by atoms with Crippen molar-refractivity contribution in [1.29, 1.82) is 0 Å². The lowest BCUT2D eigenvalue weighted by atomic mass is 9.73. The molecule has 2 bridgehead atoms. The highest BCUT2D eigenvalue weighted by Crippen LogP contribution is 2.38. The molecule has 4 atom stereocenters. The number of rotatable bonds is 4. The fraction of sp³-hybridized carbons (Fsp3) is 0.542.